The fourth-order valence-corrected chi connectivity index (χ4v) is 2.37. The minimum absolute atomic E-state index is 0.0838. The smallest absolute Gasteiger partial charge is 0.338 e. The third kappa shape index (κ3) is 4.23. The van der Waals surface area contributed by atoms with Gasteiger partial charge in [0.2, 0.25) is 0 Å². The monoisotopic (exact) mass is 276 g/mol. The number of esters is 1. The van der Waals surface area contributed by atoms with E-state index in [-0.39, 0.29) is 12.1 Å². The third-order valence-corrected chi connectivity index (χ3v) is 3.55. The van der Waals surface area contributed by atoms with Gasteiger partial charge in [0.05, 0.1) is 11.7 Å². The molecule has 0 spiro atoms. The first-order valence-corrected chi connectivity index (χ1v) is 7.30. The van der Waals surface area contributed by atoms with Crippen molar-refractivity contribution in [2.45, 2.75) is 38.8 Å². The quantitative estimate of drug-likeness (QED) is 0.859. The van der Waals surface area contributed by atoms with Crippen molar-refractivity contribution in [3.05, 3.63) is 29.8 Å². The van der Waals surface area contributed by atoms with Crippen molar-refractivity contribution in [3.8, 4) is 0 Å². The third-order valence-electron chi connectivity index (χ3n) is 3.55. The summed E-state index contributed by atoms with van der Waals surface area (Å²) in [5.74, 6) is -0.258. The molecule has 0 bridgehead atoms. The molecule has 1 N–H and O–H groups in total. The molecular weight excluding hydrogens is 252 g/mol. The second kappa shape index (κ2) is 6.75. The van der Waals surface area contributed by atoms with E-state index in [0.29, 0.717) is 11.6 Å². The first-order chi connectivity index (χ1) is 9.54. The Morgan fingerprint density at radius 2 is 1.85 bits per heavy atom. The lowest BCUT2D eigenvalue weighted by Gasteiger charge is -2.30. The molecule has 0 unspecified atom stereocenters. The van der Waals surface area contributed by atoms with Gasteiger partial charge in [-0.3, -0.25) is 0 Å². The van der Waals surface area contributed by atoms with Gasteiger partial charge in [-0.1, -0.05) is 0 Å². The molecule has 1 aromatic rings. The maximum atomic E-state index is 11.7. The zero-order valence-electron chi connectivity index (χ0n) is 12.6. The molecule has 4 nitrogen and oxygen atoms in total. The van der Waals surface area contributed by atoms with Crippen LogP contribution in [0.1, 0.15) is 37.0 Å². The highest BCUT2D eigenvalue weighted by molar-refractivity contribution is 5.89. The maximum Gasteiger partial charge on any atom is 0.338 e. The molecule has 0 aliphatic carbocycles. The molecular formula is C16H24N2O2. The Labute approximate surface area is 121 Å². The summed E-state index contributed by atoms with van der Waals surface area (Å²) in [5, 5.41) is 3.53. The summed E-state index contributed by atoms with van der Waals surface area (Å²) >= 11 is 0. The number of nitrogens with zero attached hydrogens (tertiary/aromatic N) is 1. The number of anilines is 1. The molecule has 1 heterocycles. The number of carbonyl (C=O) groups is 1. The van der Waals surface area contributed by atoms with Crippen molar-refractivity contribution < 1.29 is 9.53 Å². The van der Waals surface area contributed by atoms with Gasteiger partial charge in [0.15, 0.2) is 0 Å². The van der Waals surface area contributed by atoms with Crippen molar-refractivity contribution in [1.29, 1.82) is 0 Å². The molecule has 0 aromatic heterocycles. The van der Waals surface area contributed by atoms with Crippen LogP contribution in [0, 0.1) is 0 Å². The topological polar surface area (TPSA) is 41.6 Å². The summed E-state index contributed by atoms with van der Waals surface area (Å²) in [6.45, 7) is 5.98. The van der Waals surface area contributed by atoms with Crippen LogP contribution >= 0.6 is 0 Å². The number of likely N-dealkylation sites (tertiary alicyclic amines) is 1. The molecule has 110 valence electrons. The van der Waals surface area contributed by atoms with Gasteiger partial charge in [0.1, 0.15) is 0 Å². The first kappa shape index (κ1) is 14.9. The summed E-state index contributed by atoms with van der Waals surface area (Å²) in [7, 11) is 2.16. The lowest BCUT2D eigenvalue weighted by molar-refractivity contribution is 0.0378. The fourth-order valence-electron chi connectivity index (χ4n) is 2.37. The normalized spacial score (nSPS) is 17.2. The predicted molar refractivity (Wildman–Crippen MR) is 81.1 cm³/mol. The number of carbonyl (C=O) groups excluding carboxylic acids is 1. The van der Waals surface area contributed by atoms with Crippen LogP contribution in [0.3, 0.4) is 0 Å². The van der Waals surface area contributed by atoms with E-state index in [4.69, 9.17) is 4.74 Å². The highest BCUT2D eigenvalue weighted by Crippen LogP contribution is 2.17. The lowest BCUT2D eigenvalue weighted by atomic mass is 10.0. The highest BCUT2D eigenvalue weighted by atomic mass is 16.5. The van der Waals surface area contributed by atoms with Gasteiger partial charge in [-0.2, -0.15) is 0 Å². The fraction of sp³-hybridized carbons (Fsp3) is 0.562. The molecule has 1 aromatic carbocycles. The molecule has 0 saturated carbocycles. The summed E-state index contributed by atoms with van der Waals surface area (Å²) < 4.78 is 5.17. The molecule has 4 heteroatoms. The van der Waals surface area contributed by atoms with Crippen LogP contribution in [-0.2, 0) is 4.74 Å². The van der Waals surface area contributed by atoms with Gasteiger partial charge in [-0.25, -0.2) is 4.79 Å². The number of hydrogen-bond donors (Lipinski definition) is 1. The van der Waals surface area contributed by atoms with Crippen LogP contribution in [0.25, 0.3) is 0 Å². The van der Waals surface area contributed by atoms with Crippen molar-refractivity contribution in [3.63, 3.8) is 0 Å². The number of rotatable bonds is 4. The van der Waals surface area contributed by atoms with Crippen molar-refractivity contribution in [1.82, 2.24) is 4.90 Å². The second-order valence-electron chi connectivity index (χ2n) is 5.75. The summed E-state index contributed by atoms with van der Waals surface area (Å²) in [6, 6.07) is 8.08. The van der Waals surface area contributed by atoms with E-state index in [1.165, 1.54) is 0 Å². The number of benzene rings is 1. The SMILES string of the molecule is CC(C)OC(=O)c1ccc(NC2CCN(C)CC2)cc1. The first-order valence-electron chi connectivity index (χ1n) is 7.30. The molecule has 0 atom stereocenters. The molecule has 1 aliphatic heterocycles. The van der Waals surface area contributed by atoms with Gasteiger partial charge in [-0.15, -0.1) is 0 Å². The molecule has 0 amide bonds. The molecule has 20 heavy (non-hydrogen) atoms. The van der Waals surface area contributed by atoms with Crippen LogP contribution in [0.4, 0.5) is 5.69 Å². The molecule has 0 radical (unpaired) electrons. The van der Waals surface area contributed by atoms with Crippen molar-refractivity contribution in [2.75, 3.05) is 25.5 Å². The number of piperidine rings is 1. The van der Waals surface area contributed by atoms with Gasteiger partial charge in [0.25, 0.3) is 0 Å². The van der Waals surface area contributed by atoms with E-state index in [1.807, 2.05) is 38.1 Å². The molecule has 1 fully saturated rings. The Balaban J connectivity index is 1.90. The van der Waals surface area contributed by atoms with Crippen LogP contribution in [0.5, 0.6) is 0 Å². The summed E-state index contributed by atoms with van der Waals surface area (Å²) in [5.41, 5.74) is 1.67. The van der Waals surface area contributed by atoms with E-state index in [1.54, 1.807) is 0 Å². The Hall–Kier alpha value is -1.55. The van der Waals surface area contributed by atoms with E-state index in [2.05, 4.69) is 17.3 Å². The van der Waals surface area contributed by atoms with Gasteiger partial charge in [0, 0.05) is 11.7 Å². The minimum atomic E-state index is -0.258. The number of ether oxygens (including phenoxy) is 1. The van der Waals surface area contributed by atoms with E-state index in [0.717, 1.165) is 31.6 Å². The van der Waals surface area contributed by atoms with Gasteiger partial charge in [-0.05, 0) is 71.1 Å². The Morgan fingerprint density at radius 3 is 2.40 bits per heavy atom. The van der Waals surface area contributed by atoms with Gasteiger partial charge >= 0.3 is 5.97 Å². The van der Waals surface area contributed by atoms with Crippen LogP contribution in [0.2, 0.25) is 0 Å². The van der Waals surface area contributed by atoms with Crippen molar-refractivity contribution >= 4 is 11.7 Å². The van der Waals surface area contributed by atoms with Crippen LogP contribution < -0.4 is 5.32 Å². The standard InChI is InChI=1S/C16H24N2O2/c1-12(2)20-16(19)13-4-6-14(7-5-13)17-15-8-10-18(3)11-9-15/h4-7,12,15,17H,8-11H2,1-3H3. The average molecular weight is 276 g/mol. The second-order valence-corrected chi connectivity index (χ2v) is 5.75. The summed E-state index contributed by atoms with van der Waals surface area (Å²) in [4.78, 5) is 14.1. The summed E-state index contributed by atoms with van der Waals surface area (Å²) in [6.07, 6.45) is 2.24. The Morgan fingerprint density at radius 1 is 1.25 bits per heavy atom. The maximum absolute atomic E-state index is 11.7. The molecule has 1 saturated heterocycles. The van der Waals surface area contributed by atoms with E-state index in [9.17, 15) is 4.79 Å². The molecule has 1 aliphatic rings. The zero-order valence-corrected chi connectivity index (χ0v) is 12.6. The number of hydrogen-bond acceptors (Lipinski definition) is 4. The highest BCUT2D eigenvalue weighted by Gasteiger charge is 2.16. The Bertz CT molecular complexity index is 434. The van der Waals surface area contributed by atoms with Crippen LogP contribution in [0.15, 0.2) is 24.3 Å². The number of nitrogens with one attached hydrogen (secondary N) is 1. The van der Waals surface area contributed by atoms with Crippen molar-refractivity contribution in [2.24, 2.45) is 0 Å². The van der Waals surface area contributed by atoms with Crippen LogP contribution in [-0.4, -0.2) is 43.2 Å². The zero-order chi connectivity index (χ0) is 14.5. The molecule has 2 rings (SSSR count). The largest absolute Gasteiger partial charge is 0.459 e. The lowest BCUT2D eigenvalue weighted by Crippen LogP contribution is -2.36. The van der Waals surface area contributed by atoms with Gasteiger partial charge < -0.3 is 15.0 Å². The van der Waals surface area contributed by atoms with E-state index < -0.39 is 0 Å². The van der Waals surface area contributed by atoms with E-state index >= 15 is 0 Å². The predicted octanol–water partition coefficient (Wildman–Crippen LogP) is 2.76. The average Bonchev–Trinajstić information content (AvgIpc) is 2.41. The Kier molecular flexibility index (Phi) is 5.01. The minimum Gasteiger partial charge on any atom is -0.459 e.